The molecule has 0 spiro atoms. The Balaban J connectivity index is 1.59. The van der Waals surface area contributed by atoms with Gasteiger partial charge >= 0.3 is 0 Å². The Kier molecular flexibility index (Phi) is 7.56. The van der Waals surface area contributed by atoms with Crippen molar-refractivity contribution in [3.8, 4) is 0 Å². The van der Waals surface area contributed by atoms with E-state index in [9.17, 15) is 14.0 Å². The van der Waals surface area contributed by atoms with Gasteiger partial charge in [-0.3, -0.25) is 14.6 Å². The second-order valence-electron chi connectivity index (χ2n) is 8.52. The van der Waals surface area contributed by atoms with Gasteiger partial charge in [0, 0.05) is 29.9 Å². The molecule has 3 aromatic rings. The first kappa shape index (κ1) is 23.7. The van der Waals surface area contributed by atoms with E-state index in [0.29, 0.717) is 29.2 Å². The second-order valence-corrected chi connectivity index (χ2v) is 8.52. The highest BCUT2D eigenvalue weighted by Crippen LogP contribution is 2.26. The topological polar surface area (TPSA) is 83.1 Å². The van der Waals surface area contributed by atoms with Crippen molar-refractivity contribution in [2.75, 3.05) is 10.6 Å². The molecular formula is C26H27FN4O2. The molecule has 0 radical (unpaired) electrons. The SMILES string of the molecule is CC(C)(C)Nc1ccc(F)cc1NC(=O)c1ccc(CNC(=O)/C=C/c2ccccn2)cc1. The summed E-state index contributed by atoms with van der Waals surface area (Å²) in [4.78, 5) is 28.8. The Hall–Kier alpha value is -4.00. The molecule has 0 atom stereocenters. The Labute approximate surface area is 192 Å². The number of benzene rings is 2. The first-order chi connectivity index (χ1) is 15.7. The van der Waals surface area contributed by atoms with Gasteiger partial charge < -0.3 is 16.0 Å². The van der Waals surface area contributed by atoms with Gasteiger partial charge in [-0.25, -0.2) is 4.39 Å². The van der Waals surface area contributed by atoms with E-state index in [1.807, 2.05) is 26.8 Å². The molecule has 3 N–H and O–H groups in total. The number of nitrogens with one attached hydrogen (secondary N) is 3. The van der Waals surface area contributed by atoms with E-state index < -0.39 is 5.82 Å². The number of carbonyl (C=O) groups excluding carboxylic acids is 2. The van der Waals surface area contributed by atoms with Crippen molar-refractivity contribution >= 4 is 29.3 Å². The molecule has 0 unspecified atom stereocenters. The predicted molar refractivity (Wildman–Crippen MR) is 129 cm³/mol. The minimum atomic E-state index is -0.437. The van der Waals surface area contributed by atoms with Crippen molar-refractivity contribution in [2.45, 2.75) is 32.9 Å². The van der Waals surface area contributed by atoms with Gasteiger partial charge in [0.1, 0.15) is 5.82 Å². The molecule has 3 rings (SSSR count). The number of halogens is 1. The molecule has 0 aliphatic carbocycles. The van der Waals surface area contributed by atoms with E-state index in [1.165, 1.54) is 18.2 Å². The average Bonchev–Trinajstić information content (AvgIpc) is 2.78. The Bertz CT molecular complexity index is 1140. The monoisotopic (exact) mass is 446 g/mol. The van der Waals surface area contributed by atoms with Crippen LogP contribution in [0.5, 0.6) is 0 Å². The maximum atomic E-state index is 13.8. The zero-order valence-electron chi connectivity index (χ0n) is 18.9. The summed E-state index contributed by atoms with van der Waals surface area (Å²) in [6.07, 6.45) is 4.72. The van der Waals surface area contributed by atoms with Crippen molar-refractivity contribution in [1.29, 1.82) is 0 Å². The van der Waals surface area contributed by atoms with Crippen LogP contribution >= 0.6 is 0 Å². The van der Waals surface area contributed by atoms with Gasteiger partial charge in [0.25, 0.3) is 5.91 Å². The largest absolute Gasteiger partial charge is 0.379 e. The molecule has 6 nitrogen and oxygen atoms in total. The smallest absolute Gasteiger partial charge is 0.255 e. The molecule has 0 saturated carbocycles. The van der Waals surface area contributed by atoms with E-state index in [2.05, 4.69) is 20.9 Å². The number of hydrogen-bond donors (Lipinski definition) is 3. The standard InChI is InChI=1S/C26H27FN4O2/c1-26(2,3)31-22-13-11-20(27)16-23(22)30-25(33)19-9-7-18(8-10-19)17-29-24(32)14-12-21-6-4-5-15-28-21/h4-16,31H,17H2,1-3H3,(H,29,32)(H,30,33)/b14-12+. The first-order valence-electron chi connectivity index (χ1n) is 10.5. The van der Waals surface area contributed by atoms with E-state index in [1.54, 1.807) is 54.7 Å². The number of nitrogens with zero attached hydrogens (tertiary/aromatic N) is 1. The van der Waals surface area contributed by atoms with Crippen molar-refractivity contribution in [3.05, 3.63) is 95.6 Å². The lowest BCUT2D eigenvalue weighted by atomic mass is 10.1. The van der Waals surface area contributed by atoms with Gasteiger partial charge in [-0.2, -0.15) is 0 Å². The van der Waals surface area contributed by atoms with Gasteiger partial charge in [-0.15, -0.1) is 0 Å². The Morgan fingerprint density at radius 1 is 1.00 bits per heavy atom. The fourth-order valence-corrected chi connectivity index (χ4v) is 2.99. The van der Waals surface area contributed by atoms with Crippen LogP contribution < -0.4 is 16.0 Å². The molecule has 2 amide bonds. The molecule has 1 aromatic heterocycles. The summed E-state index contributed by atoms with van der Waals surface area (Å²) >= 11 is 0. The summed E-state index contributed by atoms with van der Waals surface area (Å²) in [6, 6.07) is 16.5. The number of pyridine rings is 1. The van der Waals surface area contributed by atoms with Crippen LogP contribution in [0.4, 0.5) is 15.8 Å². The zero-order valence-corrected chi connectivity index (χ0v) is 18.9. The molecule has 1 heterocycles. The second kappa shape index (κ2) is 10.5. The van der Waals surface area contributed by atoms with Crippen LogP contribution in [0.3, 0.4) is 0 Å². The Morgan fingerprint density at radius 2 is 1.76 bits per heavy atom. The molecule has 7 heteroatoms. The van der Waals surface area contributed by atoms with Gasteiger partial charge in [-0.1, -0.05) is 18.2 Å². The number of amides is 2. The van der Waals surface area contributed by atoms with Crippen molar-refractivity contribution in [3.63, 3.8) is 0 Å². The zero-order chi connectivity index (χ0) is 23.8. The summed E-state index contributed by atoms with van der Waals surface area (Å²) in [7, 11) is 0. The van der Waals surface area contributed by atoms with Gasteiger partial charge in [-0.05, 0) is 74.9 Å². The number of carbonyl (C=O) groups is 2. The van der Waals surface area contributed by atoms with Gasteiger partial charge in [0.2, 0.25) is 5.91 Å². The summed E-state index contributed by atoms with van der Waals surface area (Å²) < 4.78 is 13.8. The minimum absolute atomic E-state index is 0.243. The van der Waals surface area contributed by atoms with Crippen LogP contribution in [0.1, 0.15) is 42.4 Å². The van der Waals surface area contributed by atoms with Crippen LogP contribution in [0.25, 0.3) is 6.08 Å². The van der Waals surface area contributed by atoms with Crippen LogP contribution in [0.2, 0.25) is 0 Å². The highest BCUT2D eigenvalue weighted by molar-refractivity contribution is 6.06. The third-order valence-corrected chi connectivity index (χ3v) is 4.52. The molecule has 0 aliphatic heterocycles. The molecule has 170 valence electrons. The Morgan fingerprint density at radius 3 is 2.42 bits per heavy atom. The van der Waals surface area contributed by atoms with E-state index >= 15 is 0 Å². The van der Waals surface area contributed by atoms with E-state index in [-0.39, 0.29) is 17.4 Å². The summed E-state index contributed by atoms with van der Waals surface area (Å²) in [6.45, 7) is 6.26. The quantitative estimate of drug-likeness (QED) is 0.446. The third kappa shape index (κ3) is 7.57. The molecule has 0 aliphatic rings. The predicted octanol–water partition coefficient (Wildman–Crippen LogP) is 5.01. The molecule has 2 aromatic carbocycles. The summed E-state index contributed by atoms with van der Waals surface area (Å²) in [5.74, 6) is -1.04. The van der Waals surface area contributed by atoms with E-state index in [4.69, 9.17) is 0 Å². The van der Waals surface area contributed by atoms with Crippen molar-refractivity contribution in [2.24, 2.45) is 0 Å². The van der Waals surface area contributed by atoms with Crippen LogP contribution in [0.15, 0.2) is 72.9 Å². The summed E-state index contributed by atoms with van der Waals surface area (Å²) in [5.41, 5.74) is 2.71. The maximum absolute atomic E-state index is 13.8. The normalized spacial score (nSPS) is 11.3. The number of anilines is 2. The minimum Gasteiger partial charge on any atom is -0.379 e. The van der Waals surface area contributed by atoms with Crippen molar-refractivity contribution in [1.82, 2.24) is 10.3 Å². The molecule has 0 saturated heterocycles. The fourth-order valence-electron chi connectivity index (χ4n) is 2.99. The van der Waals surface area contributed by atoms with Gasteiger partial charge in [0.15, 0.2) is 0 Å². The highest BCUT2D eigenvalue weighted by Gasteiger charge is 2.15. The van der Waals surface area contributed by atoms with Crippen molar-refractivity contribution < 1.29 is 14.0 Å². The first-order valence-corrected chi connectivity index (χ1v) is 10.5. The third-order valence-electron chi connectivity index (χ3n) is 4.52. The molecule has 33 heavy (non-hydrogen) atoms. The average molecular weight is 447 g/mol. The van der Waals surface area contributed by atoms with Crippen LogP contribution in [0, 0.1) is 5.82 Å². The highest BCUT2D eigenvalue weighted by atomic mass is 19.1. The van der Waals surface area contributed by atoms with Crippen LogP contribution in [-0.2, 0) is 11.3 Å². The van der Waals surface area contributed by atoms with Crippen LogP contribution in [-0.4, -0.2) is 22.3 Å². The lowest BCUT2D eigenvalue weighted by Gasteiger charge is -2.24. The molecule has 0 fully saturated rings. The summed E-state index contributed by atoms with van der Waals surface area (Å²) in [5, 5.41) is 8.81. The number of aromatic nitrogens is 1. The number of hydrogen-bond acceptors (Lipinski definition) is 4. The fraction of sp³-hybridized carbons (Fsp3) is 0.192. The maximum Gasteiger partial charge on any atom is 0.255 e. The van der Waals surface area contributed by atoms with E-state index in [0.717, 1.165) is 5.56 Å². The molecular weight excluding hydrogens is 419 g/mol. The lowest BCUT2D eigenvalue weighted by molar-refractivity contribution is -0.116. The lowest BCUT2D eigenvalue weighted by Crippen LogP contribution is -2.27. The molecule has 0 bridgehead atoms. The number of rotatable bonds is 7. The van der Waals surface area contributed by atoms with Gasteiger partial charge in [0.05, 0.1) is 17.1 Å².